The van der Waals surface area contributed by atoms with Crippen LogP contribution in [-0.2, 0) is 17.8 Å². The lowest BCUT2D eigenvalue weighted by Crippen LogP contribution is -2.48. The van der Waals surface area contributed by atoms with Crippen molar-refractivity contribution >= 4 is 11.6 Å². The first-order valence-electron chi connectivity index (χ1n) is 8.25. The van der Waals surface area contributed by atoms with Crippen LogP contribution in [0.5, 0.6) is 5.75 Å². The van der Waals surface area contributed by atoms with Gasteiger partial charge < -0.3 is 19.5 Å². The van der Waals surface area contributed by atoms with Crippen molar-refractivity contribution in [1.29, 1.82) is 0 Å². The highest BCUT2D eigenvalue weighted by Gasteiger charge is 2.30. The van der Waals surface area contributed by atoms with E-state index < -0.39 is 6.10 Å². The second-order valence-corrected chi connectivity index (χ2v) is 5.78. The zero-order chi connectivity index (χ0) is 16.9. The summed E-state index contributed by atoms with van der Waals surface area (Å²) in [6, 6.07) is 7.65. The van der Waals surface area contributed by atoms with Gasteiger partial charge in [-0.2, -0.15) is 4.98 Å². The quantitative estimate of drug-likeness (QED) is 0.872. The molecular weight excluding hydrogens is 308 g/mol. The number of aryl methyl sites for hydroxylation is 1. The van der Waals surface area contributed by atoms with Gasteiger partial charge in [-0.3, -0.25) is 4.79 Å². The average Bonchev–Trinajstić information content (AvgIpc) is 3.06. The number of nitrogens with one attached hydrogen (secondary N) is 1. The molecule has 1 aliphatic rings. The predicted octanol–water partition coefficient (Wildman–Crippen LogP) is 1.93. The number of hydrogen-bond acceptors (Lipinski definition) is 6. The molecule has 7 heteroatoms. The molecule has 1 aromatic carbocycles. The molecule has 2 aromatic rings. The SMILES string of the molecule is CCCCc1noc(CN2C[C@@H](C(=O)NC)Oc3ccccc32)n1. The number of nitrogens with zero attached hydrogens (tertiary/aromatic N) is 3. The molecule has 7 nitrogen and oxygen atoms in total. The molecule has 1 N–H and O–H groups in total. The van der Waals surface area contributed by atoms with Crippen LogP contribution in [0, 0.1) is 0 Å². The number of likely N-dealkylation sites (N-methyl/N-ethyl adjacent to an activating group) is 1. The molecule has 0 spiro atoms. The molecular formula is C17H22N4O3. The van der Waals surface area contributed by atoms with Gasteiger partial charge in [-0.05, 0) is 18.6 Å². The lowest BCUT2D eigenvalue weighted by Gasteiger charge is -2.34. The smallest absolute Gasteiger partial charge is 0.262 e. The first kappa shape index (κ1) is 16.3. The summed E-state index contributed by atoms with van der Waals surface area (Å²) in [5.41, 5.74) is 0.922. The number of carbonyl (C=O) groups excluding carboxylic acids is 1. The van der Waals surface area contributed by atoms with Crippen LogP contribution in [0.2, 0.25) is 0 Å². The van der Waals surface area contributed by atoms with Gasteiger partial charge in [0, 0.05) is 13.5 Å². The average molecular weight is 330 g/mol. The number of hydrogen-bond donors (Lipinski definition) is 1. The summed E-state index contributed by atoms with van der Waals surface area (Å²) in [7, 11) is 1.61. The number of aromatic nitrogens is 2. The van der Waals surface area contributed by atoms with E-state index >= 15 is 0 Å². The van der Waals surface area contributed by atoms with Gasteiger partial charge in [0.25, 0.3) is 5.91 Å². The van der Waals surface area contributed by atoms with Crippen LogP contribution in [0.25, 0.3) is 0 Å². The number of fused-ring (bicyclic) bond motifs is 1. The van der Waals surface area contributed by atoms with Gasteiger partial charge in [0.05, 0.1) is 18.8 Å². The van der Waals surface area contributed by atoms with E-state index in [1.54, 1.807) is 7.05 Å². The number of amides is 1. The lowest BCUT2D eigenvalue weighted by atomic mass is 10.1. The van der Waals surface area contributed by atoms with Crippen LogP contribution >= 0.6 is 0 Å². The van der Waals surface area contributed by atoms with Crippen LogP contribution in [0.4, 0.5) is 5.69 Å². The van der Waals surface area contributed by atoms with E-state index in [9.17, 15) is 4.79 Å². The van der Waals surface area contributed by atoms with Crippen molar-refractivity contribution in [3.63, 3.8) is 0 Å². The second-order valence-electron chi connectivity index (χ2n) is 5.78. The Bertz CT molecular complexity index is 701. The zero-order valence-corrected chi connectivity index (χ0v) is 14.0. The fourth-order valence-electron chi connectivity index (χ4n) is 2.71. The maximum absolute atomic E-state index is 12.0. The summed E-state index contributed by atoms with van der Waals surface area (Å²) in [4.78, 5) is 18.5. The molecule has 0 radical (unpaired) electrons. The molecule has 0 unspecified atom stereocenters. The Morgan fingerprint density at radius 2 is 2.25 bits per heavy atom. The number of benzene rings is 1. The summed E-state index contributed by atoms with van der Waals surface area (Å²) in [5, 5.41) is 6.66. The van der Waals surface area contributed by atoms with Crippen LogP contribution in [0.3, 0.4) is 0 Å². The Morgan fingerprint density at radius 3 is 3.04 bits per heavy atom. The number of para-hydroxylation sites is 2. The Hall–Kier alpha value is -2.57. The molecule has 0 saturated carbocycles. The largest absolute Gasteiger partial charge is 0.477 e. The number of ether oxygens (including phenoxy) is 1. The fourth-order valence-corrected chi connectivity index (χ4v) is 2.71. The summed E-state index contributed by atoms with van der Waals surface area (Å²) in [6.07, 6.45) is 2.39. The van der Waals surface area contributed by atoms with Crippen molar-refractivity contribution in [2.24, 2.45) is 0 Å². The van der Waals surface area contributed by atoms with E-state index in [0.717, 1.165) is 30.8 Å². The Kier molecular flexibility index (Phi) is 4.98. The third-order valence-corrected chi connectivity index (χ3v) is 3.99. The number of unbranched alkanes of at least 4 members (excludes halogenated alkanes) is 1. The van der Waals surface area contributed by atoms with Gasteiger partial charge in [0.2, 0.25) is 5.89 Å². The van der Waals surface area contributed by atoms with Crippen molar-refractivity contribution < 1.29 is 14.1 Å². The number of rotatable bonds is 6. The molecule has 1 aliphatic heterocycles. The van der Waals surface area contributed by atoms with Crippen molar-refractivity contribution in [2.75, 3.05) is 18.5 Å². The number of anilines is 1. The van der Waals surface area contributed by atoms with Crippen molar-refractivity contribution in [3.8, 4) is 5.75 Å². The van der Waals surface area contributed by atoms with Gasteiger partial charge in [-0.15, -0.1) is 0 Å². The van der Waals surface area contributed by atoms with E-state index in [-0.39, 0.29) is 5.91 Å². The van der Waals surface area contributed by atoms with Gasteiger partial charge in [0.15, 0.2) is 11.9 Å². The Labute approximate surface area is 141 Å². The zero-order valence-electron chi connectivity index (χ0n) is 14.0. The predicted molar refractivity (Wildman–Crippen MR) is 88.9 cm³/mol. The minimum absolute atomic E-state index is 0.149. The molecule has 2 heterocycles. The highest BCUT2D eigenvalue weighted by molar-refractivity contribution is 5.83. The maximum atomic E-state index is 12.0. The summed E-state index contributed by atoms with van der Waals surface area (Å²) >= 11 is 0. The van der Waals surface area contributed by atoms with Gasteiger partial charge in [-0.1, -0.05) is 30.6 Å². The van der Waals surface area contributed by atoms with Crippen LogP contribution in [0.1, 0.15) is 31.5 Å². The Balaban J connectivity index is 1.78. The van der Waals surface area contributed by atoms with Crippen LogP contribution in [-0.4, -0.2) is 35.7 Å². The topological polar surface area (TPSA) is 80.5 Å². The first-order valence-corrected chi connectivity index (χ1v) is 8.25. The summed E-state index contributed by atoms with van der Waals surface area (Å²) in [6.45, 7) is 3.01. The third-order valence-electron chi connectivity index (χ3n) is 3.99. The van der Waals surface area contributed by atoms with Crippen molar-refractivity contribution in [1.82, 2.24) is 15.5 Å². The van der Waals surface area contributed by atoms with Gasteiger partial charge >= 0.3 is 0 Å². The van der Waals surface area contributed by atoms with E-state index in [2.05, 4.69) is 22.4 Å². The first-order chi connectivity index (χ1) is 11.7. The van der Waals surface area contributed by atoms with Crippen molar-refractivity contribution in [3.05, 3.63) is 36.0 Å². The van der Waals surface area contributed by atoms with Gasteiger partial charge in [-0.25, -0.2) is 0 Å². The highest BCUT2D eigenvalue weighted by Crippen LogP contribution is 2.33. The van der Waals surface area contributed by atoms with E-state index in [4.69, 9.17) is 9.26 Å². The minimum atomic E-state index is -0.563. The molecule has 3 rings (SSSR count). The molecule has 0 saturated heterocycles. The normalized spacial score (nSPS) is 16.4. The van der Waals surface area contributed by atoms with E-state index in [0.29, 0.717) is 24.7 Å². The van der Waals surface area contributed by atoms with E-state index in [1.807, 2.05) is 29.2 Å². The minimum Gasteiger partial charge on any atom is -0.477 e. The summed E-state index contributed by atoms with van der Waals surface area (Å²) in [5.74, 6) is 1.82. The Morgan fingerprint density at radius 1 is 1.42 bits per heavy atom. The molecule has 0 aliphatic carbocycles. The second kappa shape index (κ2) is 7.33. The van der Waals surface area contributed by atoms with Crippen molar-refractivity contribution in [2.45, 2.75) is 38.8 Å². The molecule has 1 atom stereocenters. The molecule has 0 fully saturated rings. The number of carbonyl (C=O) groups is 1. The summed E-state index contributed by atoms with van der Waals surface area (Å²) < 4.78 is 11.1. The van der Waals surface area contributed by atoms with E-state index in [1.165, 1.54) is 0 Å². The van der Waals surface area contributed by atoms with Crippen LogP contribution in [0.15, 0.2) is 28.8 Å². The maximum Gasteiger partial charge on any atom is 0.262 e. The standard InChI is InChI=1S/C17H22N4O3/c1-3-4-9-15-19-16(24-20-15)11-21-10-14(17(22)18-2)23-13-8-6-5-7-12(13)21/h5-8,14H,3-4,9-11H2,1-2H3,(H,18,22)/t14-/m0/s1. The molecule has 0 bridgehead atoms. The van der Waals surface area contributed by atoms with Gasteiger partial charge in [0.1, 0.15) is 5.75 Å². The molecule has 1 aromatic heterocycles. The molecule has 24 heavy (non-hydrogen) atoms. The fraction of sp³-hybridized carbons (Fsp3) is 0.471. The van der Waals surface area contributed by atoms with Crippen LogP contribution < -0.4 is 15.0 Å². The molecule has 1 amide bonds. The lowest BCUT2D eigenvalue weighted by molar-refractivity contribution is -0.127. The highest BCUT2D eigenvalue weighted by atomic mass is 16.5. The molecule has 128 valence electrons. The monoisotopic (exact) mass is 330 g/mol. The third kappa shape index (κ3) is 3.50.